The van der Waals surface area contributed by atoms with Crippen LogP contribution in [0.3, 0.4) is 0 Å². The Hall–Kier alpha value is -1.69. The van der Waals surface area contributed by atoms with Crippen molar-refractivity contribution in [2.45, 2.75) is 13.5 Å². The molecule has 6 heteroatoms. The van der Waals surface area contributed by atoms with E-state index in [1.807, 2.05) is 17.8 Å². The van der Waals surface area contributed by atoms with Gasteiger partial charge in [0.25, 0.3) is 0 Å². The maximum Gasteiger partial charge on any atom is 0.147 e. The first-order chi connectivity index (χ1) is 7.88. The minimum Gasteiger partial charge on any atom is -0.369 e. The third-order valence-corrected chi connectivity index (χ3v) is 2.56. The van der Waals surface area contributed by atoms with E-state index in [4.69, 9.17) is 0 Å². The van der Waals surface area contributed by atoms with E-state index in [0.29, 0.717) is 6.54 Å². The highest BCUT2D eigenvalue weighted by Gasteiger charge is 1.98. The van der Waals surface area contributed by atoms with Crippen LogP contribution in [0.2, 0.25) is 0 Å². The number of thiazole rings is 1. The molecule has 2 rings (SSSR count). The number of aromatic nitrogens is 3. The first-order valence-corrected chi connectivity index (χ1v) is 5.99. The lowest BCUT2D eigenvalue weighted by Crippen LogP contribution is -2.05. The summed E-state index contributed by atoms with van der Waals surface area (Å²) in [5.74, 6) is 1.54. The van der Waals surface area contributed by atoms with Gasteiger partial charge in [0.2, 0.25) is 0 Å². The minimum absolute atomic E-state index is 0.674. The summed E-state index contributed by atoms with van der Waals surface area (Å²) in [6.45, 7) is 3.54. The van der Waals surface area contributed by atoms with Crippen LogP contribution in [0, 0.1) is 0 Å². The molecule has 2 N–H and O–H groups in total. The van der Waals surface area contributed by atoms with Crippen LogP contribution in [0.25, 0.3) is 0 Å². The highest BCUT2D eigenvalue weighted by Crippen LogP contribution is 2.08. The highest BCUT2D eigenvalue weighted by atomic mass is 32.1. The molecular formula is C10H13N5S. The van der Waals surface area contributed by atoms with Gasteiger partial charge in [-0.15, -0.1) is 11.3 Å². The van der Waals surface area contributed by atoms with E-state index in [2.05, 4.69) is 25.6 Å². The van der Waals surface area contributed by atoms with Crippen LogP contribution in [0.1, 0.15) is 12.6 Å². The van der Waals surface area contributed by atoms with Gasteiger partial charge in [0, 0.05) is 11.9 Å². The van der Waals surface area contributed by atoms with Gasteiger partial charge in [-0.25, -0.2) is 9.97 Å². The van der Waals surface area contributed by atoms with Crippen molar-refractivity contribution in [3.8, 4) is 0 Å². The highest BCUT2D eigenvalue weighted by molar-refractivity contribution is 7.07. The molecule has 0 amide bonds. The lowest BCUT2D eigenvalue weighted by molar-refractivity contribution is 1.03. The molecule has 0 aliphatic carbocycles. The van der Waals surface area contributed by atoms with E-state index in [1.165, 1.54) is 0 Å². The van der Waals surface area contributed by atoms with E-state index in [-0.39, 0.29) is 0 Å². The van der Waals surface area contributed by atoms with Crippen molar-refractivity contribution in [1.82, 2.24) is 15.0 Å². The summed E-state index contributed by atoms with van der Waals surface area (Å²) in [7, 11) is 0. The largest absolute Gasteiger partial charge is 0.369 e. The summed E-state index contributed by atoms with van der Waals surface area (Å²) < 4.78 is 0. The molecule has 0 radical (unpaired) electrons. The van der Waals surface area contributed by atoms with Crippen molar-refractivity contribution in [2.24, 2.45) is 0 Å². The van der Waals surface area contributed by atoms with Crippen LogP contribution >= 0.6 is 11.3 Å². The molecule has 2 aromatic rings. The van der Waals surface area contributed by atoms with Gasteiger partial charge >= 0.3 is 0 Å². The molecule has 2 heterocycles. The van der Waals surface area contributed by atoms with E-state index >= 15 is 0 Å². The van der Waals surface area contributed by atoms with Gasteiger partial charge in [0.15, 0.2) is 0 Å². The van der Waals surface area contributed by atoms with Crippen LogP contribution in [-0.4, -0.2) is 21.5 Å². The summed E-state index contributed by atoms with van der Waals surface area (Å²) in [6, 6.07) is 0. The molecule has 0 bridgehead atoms. The van der Waals surface area contributed by atoms with E-state index < -0.39 is 0 Å². The van der Waals surface area contributed by atoms with Crippen LogP contribution in [-0.2, 0) is 6.54 Å². The summed E-state index contributed by atoms with van der Waals surface area (Å²) >= 11 is 1.59. The van der Waals surface area contributed by atoms with Gasteiger partial charge in [-0.2, -0.15) is 0 Å². The van der Waals surface area contributed by atoms with Crippen molar-refractivity contribution in [3.05, 3.63) is 29.0 Å². The average Bonchev–Trinajstić information content (AvgIpc) is 2.80. The predicted molar refractivity (Wildman–Crippen MR) is 65.6 cm³/mol. The molecule has 0 saturated heterocycles. The normalized spacial score (nSPS) is 10.1. The molecule has 0 spiro atoms. The fourth-order valence-corrected chi connectivity index (χ4v) is 1.78. The molecule has 0 unspecified atom stereocenters. The van der Waals surface area contributed by atoms with Crippen molar-refractivity contribution in [3.63, 3.8) is 0 Å². The molecule has 0 fully saturated rings. The first-order valence-electron chi connectivity index (χ1n) is 5.05. The second-order valence-electron chi connectivity index (χ2n) is 3.15. The zero-order chi connectivity index (χ0) is 11.2. The van der Waals surface area contributed by atoms with Crippen molar-refractivity contribution in [1.29, 1.82) is 0 Å². The Morgan fingerprint density at radius 1 is 1.25 bits per heavy atom. The minimum atomic E-state index is 0.674. The van der Waals surface area contributed by atoms with E-state index in [0.717, 1.165) is 23.9 Å². The molecule has 16 heavy (non-hydrogen) atoms. The SMILES string of the molecule is CCNc1cncc(NCc2cscn2)n1. The van der Waals surface area contributed by atoms with Gasteiger partial charge in [-0.3, -0.25) is 4.98 Å². The molecule has 2 aromatic heterocycles. The Kier molecular flexibility index (Phi) is 3.66. The standard InChI is InChI=1S/C10H13N5S/c1-2-12-9-4-11-5-10(15-9)13-3-8-6-16-7-14-8/h4-7H,2-3H2,1H3,(H2,12,13,15). The Bertz CT molecular complexity index is 429. The number of rotatable bonds is 5. The smallest absolute Gasteiger partial charge is 0.147 e. The van der Waals surface area contributed by atoms with Gasteiger partial charge in [-0.05, 0) is 6.92 Å². The zero-order valence-corrected chi connectivity index (χ0v) is 9.79. The number of anilines is 2. The molecular weight excluding hydrogens is 222 g/mol. The molecule has 0 aromatic carbocycles. The number of hydrogen-bond donors (Lipinski definition) is 2. The molecule has 0 saturated carbocycles. The first kappa shape index (κ1) is 10.8. The van der Waals surface area contributed by atoms with Crippen LogP contribution in [0.15, 0.2) is 23.3 Å². The summed E-state index contributed by atoms with van der Waals surface area (Å²) in [5.41, 5.74) is 2.83. The Morgan fingerprint density at radius 2 is 2.06 bits per heavy atom. The quantitative estimate of drug-likeness (QED) is 0.829. The van der Waals surface area contributed by atoms with E-state index in [9.17, 15) is 0 Å². The zero-order valence-electron chi connectivity index (χ0n) is 8.97. The van der Waals surface area contributed by atoms with Gasteiger partial charge < -0.3 is 10.6 Å². The Balaban J connectivity index is 1.96. The van der Waals surface area contributed by atoms with Gasteiger partial charge in [0.05, 0.1) is 30.1 Å². The predicted octanol–water partition coefficient (Wildman–Crippen LogP) is 1.98. The van der Waals surface area contributed by atoms with Crippen molar-refractivity contribution < 1.29 is 0 Å². The summed E-state index contributed by atoms with van der Waals surface area (Å²) in [4.78, 5) is 12.6. The second-order valence-corrected chi connectivity index (χ2v) is 3.87. The van der Waals surface area contributed by atoms with Crippen LogP contribution < -0.4 is 10.6 Å². The maximum absolute atomic E-state index is 4.35. The number of nitrogens with one attached hydrogen (secondary N) is 2. The van der Waals surface area contributed by atoms with Crippen LogP contribution in [0.5, 0.6) is 0 Å². The van der Waals surface area contributed by atoms with E-state index in [1.54, 1.807) is 23.7 Å². The second kappa shape index (κ2) is 5.41. The molecule has 84 valence electrons. The van der Waals surface area contributed by atoms with Crippen molar-refractivity contribution in [2.75, 3.05) is 17.2 Å². The van der Waals surface area contributed by atoms with Gasteiger partial charge in [-0.1, -0.05) is 0 Å². The topological polar surface area (TPSA) is 62.7 Å². The Morgan fingerprint density at radius 3 is 2.75 bits per heavy atom. The molecule has 0 atom stereocenters. The number of nitrogens with zero attached hydrogens (tertiary/aromatic N) is 3. The lowest BCUT2D eigenvalue weighted by atomic mass is 10.5. The third kappa shape index (κ3) is 2.90. The maximum atomic E-state index is 4.35. The fourth-order valence-electron chi connectivity index (χ4n) is 1.22. The average molecular weight is 235 g/mol. The summed E-state index contributed by atoms with van der Waals surface area (Å²) in [5, 5.41) is 8.30. The summed E-state index contributed by atoms with van der Waals surface area (Å²) in [6.07, 6.45) is 3.41. The lowest BCUT2D eigenvalue weighted by Gasteiger charge is -2.05. The fraction of sp³-hybridized carbons (Fsp3) is 0.300. The van der Waals surface area contributed by atoms with Crippen molar-refractivity contribution >= 4 is 23.0 Å². The molecule has 5 nitrogen and oxygen atoms in total. The van der Waals surface area contributed by atoms with Crippen LogP contribution in [0.4, 0.5) is 11.6 Å². The monoisotopic (exact) mass is 235 g/mol. The Labute approximate surface area is 98.0 Å². The molecule has 0 aliphatic rings. The number of hydrogen-bond acceptors (Lipinski definition) is 6. The third-order valence-electron chi connectivity index (χ3n) is 1.93. The van der Waals surface area contributed by atoms with Gasteiger partial charge in [0.1, 0.15) is 11.6 Å². The molecule has 0 aliphatic heterocycles.